The topological polar surface area (TPSA) is 91.6 Å². The van der Waals surface area contributed by atoms with Gasteiger partial charge in [0.25, 0.3) is 0 Å². The van der Waals surface area contributed by atoms with E-state index in [4.69, 9.17) is 11.6 Å². The van der Waals surface area contributed by atoms with Crippen molar-refractivity contribution in [3.8, 4) is 17.3 Å². The number of pyridine rings is 3. The van der Waals surface area contributed by atoms with Gasteiger partial charge in [0.15, 0.2) is 5.82 Å². The van der Waals surface area contributed by atoms with Crippen LogP contribution in [0, 0.1) is 29.9 Å². The Morgan fingerprint density at radius 3 is 2.51 bits per heavy atom. The minimum atomic E-state index is -2.56. The van der Waals surface area contributed by atoms with Gasteiger partial charge in [0.05, 0.1) is 39.0 Å². The van der Waals surface area contributed by atoms with E-state index >= 15 is 4.39 Å². The summed E-state index contributed by atoms with van der Waals surface area (Å²) in [5.41, 5.74) is 3.08. The van der Waals surface area contributed by atoms with Gasteiger partial charge in [0.2, 0.25) is 0 Å². The second-order valence-corrected chi connectivity index (χ2v) is 12.1. The van der Waals surface area contributed by atoms with Crippen molar-refractivity contribution < 1.29 is 13.3 Å². The second kappa shape index (κ2) is 9.33. The number of nitrogens with one attached hydrogen (secondary N) is 1. The molecule has 0 saturated heterocycles. The summed E-state index contributed by atoms with van der Waals surface area (Å²) in [6, 6.07) is 10.0. The Labute approximate surface area is 206 Å². The van der Waals surface area contributed by atoms with Gasteiger partial charge >= 0.3 is 0 Å². The molecule has 0 spiro atoms. The zero-order chi connectivity index (χ0) is 25.5. The number of rotatable bonds is 5. The van der Waals surface area contributed by atoms with E-state index in [1.54, 1.807) is 45.4 Å². The quantitative estimate of drug-likeness (QED) is 0.320. The molecular formula is C25H21ClF2N5OP. The summed E-state index contributed by atoms with van der Waals surface area (Å²) in [4.78, 5) is 13.1. The number of halogens is 3. The van der Waals surface area contributed by atoms with Crippen molar-refractivity contribution >= 4 is 40.9 Å². The van der Waals surface area contributed by atoms with Crippen LogP contribution < -0.4 is 10.8 Å². The number of nitrogens with zero attached hydrogens (tertiary/aromatic N) is 4. The number of aromatic nitrogens is 3. The van der Waals surface area contributed by atoms with E-state index in [-0.39, 0.29) is 21.8 Å². The van der Waals surface area contributed by atoms with Crippen LogP contribution in [0.5, 0.6) is 0 Å². The van der Waals surface area contributed by atoms with Gasteiger partial charge in [-0.05, 0) is 63.1 Å². The lowest BCUT2D eigenvalue weighted by atomic mass is 10.0. The molecule has 1 unspecified atom stereocenters. The molecule has 3 heterocycles. The molecule has 0 aliphatic rings. The number of nitriles is 1. The van der Waals surface area contributed by atoms with Crippen LogP contribution in [-0.2, 0) is 4.57 Å². The second-order valence-electron chi connectivity index (χ2n) is 8.58. The standard InChI is InChI=1S/C25H21ClF2N5OP/c1-13(17-7-15(11-29)8-18(27)9-17)32-25-22(26)14(2)31-20-10-19(28)23(33-24(20)25)16-5-6-21(30-12-16)35(3,4)34/h5-10,12-13H,1-4H3,(H,31,32). The van der Waals surface area contributed by atoms with Crippen LogP contribution in [0.3, 0.4) is 0 Å². The number of aryl methyl sites for hydroxylation is 1. The van der Waals surface area contributed by atoms with Crippen molar-refractivity contribution in [1.29, 1.82) is 5.26 Å². The van der Waals surface area contributed by atoms with Crippen LogP contribution in [0.25, 0.3) is 22.3 Å². The molecule has 0 saturated carbocycles. The summed E-state index contributed by atoms with van der Waals surface area (Å²) in [5, 5.41) is 12.7. The molecule has 4 aromatic rings. The van der Waals surface area contributed by atoms with Gasteiger partial charge in [-0.2, -0.15) is 5.26 Å². The van der Waals surface area contributed by atoms with Gasteiger partial charge in [-0.15, -0.1) is 0 Å². The summed E-state index contributed by atoms with van der Waals surface area (Å²) in [7, 11) is -2.56. The molecule has 0 bridgehead atoms. The van der Waals surface area contributed by atoms with E-state index in [0.29, 0.717) is 33.5 Å². The number of hydrogen-bond donors (Lipinski definition) is 1. The lowest BCUT2D eigenvalue weighted by Gasteiger charge is -2.20. The first-order chi connectivity index (χ1) is 16.5. The van der Waals surface area contributed by atoms with Crippen molar-refractivity contribution in [3.05, 3.63) is 76.1 Å². The first kappa shape index (κ1) is 24.7. The summed E-state index contributed by atoms with van der Waals surface area (Å²) in [6.07, 6.45) is 1.43. The molecule has 178 valence electrons. The lowest BCUT2D eigenvalue weighted by Crippen LogP contribution is -2.10. The van der Waals surface area contributed by atoms with Crippen LogP contribution in [-0.4, -0.2) is 28.3 Å². The van der Waals surface area contributed by atoms with Crippen molar-refractivity contribution in [3.63, 3.8) is 0 Å². The average Bonchev–Trinajstić information content (AvgIpc) is 2.80. The average molecular weight is 512 g/mol. The fourth-order valence-electron chi connectivity index (χ4n) is 3.67. The maximum Gasteiger partial charge on any atom is 0.151 e. The monoisotopic (exact) mass is 511 g/mol. The van der Waals surface area contributed by atoms with Crippen molar-refractivity contribution in [2.75, 3.05) is 18.6 Å². The van der Waals surface area contributed by atoms with Gasteiger partial charge < -0.3 is 9.88 Å². The Balaban J connectivity index is 1.83. The molecule has 6 nitrogen and oxygen atoms in total. The van der Waals surface area contributed by atoms with Crippen LogP contribution >= 0.6 is 18.7 Å². The molecule has 0 amide bonds. The maximum absolute atomic E-state index is 15.0. The van der Waals surface area contributed by atoms with Crippen LogP contribution in [0.15, 0.2) is 42.6 Å². The number of fused-ring (bicyclic) bond motifs is 1. The Hall–Kier alpha value is -3.40. The molecule has 0 fully saturated rings. The lowest BCUT2D eigenvalue weighted by molar-refractivity contribution is 0.588. The molecule has 1 atom stereocenters. The summed E-state index contributed by atoms with van der Waals surface area (Å²) < 4.78 is 41.3. The Morgan fingerprint density at radius 2 is 1.89 bits per heavy atom. The molecule has 10 heteroatoms. The largest absolute Gasteiger partial charge is 0.375 e. The van der Waals surface area contributed by atoms with Crippen LogP contribution in [0.2, 0.25) is 5.02 Å². The van der Waals surface area contributed by atoms with Gasteiger partial charge in [0.1, 0.15) is 24.2 Å². The third kappa shape index (κ3) is 5.02. The third-order valence-corrected chi connectivity index (χ3v) is 7.33. The molecule has 0 aliphatic heterocycles. The molecule has 4 rings (SSSR count). The number of hydrogen-bond acceptors (Lipinski definition) is 6. The van der Waals surface area contributed by atoms with Crippen molar-refractivity contribution in [2.45, 2.75) is 19.9 Å². The molecule has 1 N–H and O–H groups in total. The zero-order valence-corrected chi connectivity index (χ0v) is 21.0. The maximum atomic E-state index is 15.0. The van der Waals surface area contributed by atoms with Crippen molar-refractivity contribution in [2.24, 2.45) is 0 Å². The highest BCUT2D eigenvalue weighted by molar-refractivity contribution is 7.69. The first-order valence-corrected chi connectivity index (χ1v) is 13.6. The van der Waals surface area contributed by atoms with E-state index in [0.717, 1.165) is 6.07 Å². The highest BCUT2D eigenvalue weighted by Crippen LogP contribution is 2.37. The first-order valence-electron chi connectivity index (χ1n) is 10.6. The zero-order valence-electron chi connectivity index (χ0n) is 19.4. The highest BCUT2D eigenvalue weighted by Gasteiger charge is 2.20. The number of benzene rings is 1. The fraction of sp³-hybridized carbons (Fsp3) is 0.200. The minimum Gasteiger partial charge on any atom is -0.375 e. The SMILES string of the molecule is Cc1nc2cc(F)c(-c3ccc(P(C)(C)=O)nc3)nc2c(NC(C)c2cc(F)cc(C#N)c2)c1Cl. The van der Waals surface area contributed by atoms with E-state index in [2.05, 4.69) is 20.3 Å². The molecule has 35 heavy (non-hydrogen) atoms. The van der Waals surface area contributed by atoms with E-state index in [1.807, 2.05) is 6.07 Å². The summed E-state index contributed by atoms with van der Waals surface area (Å²) in [6.45, 7) is 6.69. The molecular weight excluding hydrogens is 491 g/mol. The Bertz CT molecular complexity index is 1550. The van der Waals surface area contributed by atoms with E-state index < -0.39 is 24.8 Å². The molecule has 0 radical (unpaired) electrons. The van der Waals surface area contributed by atoms with Crippen LogP contribution in [0.4, 0.5) is 14.5 Å². The van der Waals surface area contributed by atoms with E-state index in [9.17, 15) is 14.2 Å². The minimum absolute atomic E-state index is 0.0357. The fourth-order valence-corrected chi connectivity index (χ4v) is 4.62. The smallest absolute Gasteiger partial charge is 0.151 e. The number of anilines is 1. The molecule has 0 aliphatic carbocycles. The van der Waals surface area contributed by atoms with Gasteiger partial charge in [0, 0.05) is 23.9 Å². The van der Waals surface area contributed by atoms with Gasteiger partial charge in [-0.25, -0.2) is 18.7 Å². The predicted molar refractivity (Wildman–Crippen MR) is 135 cm³/mol. The van der Waals surface area contributed by atoms with Crippen LogP contribution in [0.1, 0.15) is 29.8 Å². The predicted octanol–water partition coefficient (Wildman–Crippen LogP) is 6.22. The van der Waals surface area contributed by atoms with E-state index in [1.165, 1.54) is 18.3 Å². The third-order valence-electron chi connectivity index (χ3n) is 5.50. The molecule has 3 aromatic heterocycles. The van der Waals surface area contributed by atoms with Crippen molar-refractivity contribution in [1.82, 2.24) is 15.0 Å². The normalized spacial score (nSPS) is 12.4. The van der Waals surface area contributed by atoms with Gasteiger partial charge in [-0.1, -0.05) is 11.6 Å². The highest BCUT2D eigenvalue weighted by atomic mass is 35.5. The Kier molecular flexibility index (Phi) is 6.59. The summed E-state index contributed by atoms with van der Waals surface area (Å²) in [5.74, 6) is -1.13. The molecule has 1 aromatic carbocycles. The Morgan fingerprint density at radius 1 is 1.14 bits per heavy atom. The summed E-state index contributed by atoms with van der Waals surface area (Å²) >= 11 is 6.57. The van der Waals surface area contributed by atoms with Gasteiger partial charge in [-0.3, -0.25) is 4.98 Å².